The Hall–Kier alpha value is -2.13. The summed E-state index contributed by atoms with van der Waals surface area (Å²) in [6, 6.07) is 4.75. The van der Waals surface area contributed by atoms with Gasteiger partial charge in [0.1, 0.15) is 13.2 Å². The van der Waals surface area contributed by atoms with Crippen molar-refractivity contribution in [3.05, 3.63) is 30.0 Å². The van der Waals surface area contributed by atoms with Crippen LogP contribution in [0.5, 0.6) is 11.5 Å². The molecule has 1 aromatic carbocycles. The van der Waals surface area contributed by atoms with E-state index in [0.717, 1.165) is 0 Å². The quantitative estimate of drug-likeness (QED) is 0.817. The third kappa shape index (κ3) is 3.09. The fraction of sp³-hybridized carbons (Fsp3) is 0.500. The molecule has 25 heavy (non-hydrogen) atoms. The lowest BCUT2D eigenvalue weighted by Gasteiger charge is -2.30. The molecule has 0 radical (unpaired) electrons. The van der Waals surface area contributed by atoms with E-state index >= 15 is 0 Å². The molecule has 0 saturated carbocycles. The first-order valence-corrected chi connectivity index (χ1v) is 9.68. The Bertz CT molecular complexity index is 872. The maximum atomic E-state index is 12.9. The summed E-state index contributed by atoms with van der Waals surface area (Å²) < 4.78 is 43.7. The molecule has 9 heteroatoms. The van der Waals surface area contributed by atoms with Crippen molar-refractivity contribution in [3.63, 3.8) is 0 Å². The number of rotatable bonds is 3. The van der Waals surface area contributed by atoms with Crippen LogP contribution in [0.2, 0.25) is 0 Å². The first-order chi connectivity index (χ1) is 12.0. The number of hydrogen-bond acceptors (Lipinski definition) is 7. The molecule has 0 amide bonds. The number of benzene rings is 1. The molecule has 1 aromatic heterocycles. The maximum Gasteiger partial charge on any atom is 0.243 e. The van der Waals surface area contributed by atoms with Gasteiger partial charge in [-0.2, -0.15) is 4.31 Å². The fourth-order valence-corrected chi connectivity index (χ4v) is 4.64. The molecule has 0 atom stereocenters. The summed E-state index contributed by atoms with van der Waals surface area (Å²) in [5, 5.41) is 7.89. The Morgan fingerprint density at radius 3 is 2.48 bits per heavy atom. The number of nitrogens with zero attached hydrogens (tertiary/aromatic N) is 3. The lowest BCUT2D eigenvalue weighted by Crippen LogP contribution is -2.38. The lowest BCUT2D eigenvalue weighted by atomic mass is 9.98. The smallest absolute Gasteiger partial charge is 0.243 e. The largest absolute Gasteiger partial charge is 0.486 e. The standard InChI is InChI=1S/C16H19N3O5S/c1-11-17-18-16(24-11)12-4-6-19(7-5-12)25(20,21)13-2-3-14-15(10-13)23-9-8-22-14/h2-3,10,12H,4-9H2,1H3. The Morgan fingerprint density at radius 1 is 1.08 bits per heavy atom. The van der Waals surface area contributed by atoms with Crippen LogP contribution in [0.3, 0.4) is 0 Å². The van der Waals surface area contributed by atoms with Gasteiger partial charge in [0.25, 0.3) is 0 Å². The number of aromatic nitrogens is 2. The van der Waals surface area contributed by atoms with Crippen LogP contribution < -0.4 is 9.47 Å². The zero-order chi connectivity index (χ0) is 17.4. The Labute approximate surface area is 145 Å². The molecule has 2 aromatic rings. The number of hydrogen-bond donors (Lipinski definition) is 0. The van der Waals surface area contributed by atoms with Crippen molar-refractivity contribution in [3.8, 4) is 11.5 Å². The number of fused-ring (bicyclic) bond motifs is 1. The summed E-state index contributed by atoms with van der Waals surface area (Å²) in [6.45, 7) is 3.48. The van der Waals surface area contributed by atoms with Crippen molar-refractivity contribution in [2.75, 3.05) is 26.3 Å². The van der Waals surface area contributed by atoms with E-state index in [2.05, 4.69) is 10.2 Å². The van der Waals surface area contributed by atoms with Crippen LogP contribution in [0.1, 0.15) is 30.5 Å². The number of ether oxygens (including phenoxy) is 2. The minimum Gasteiger partial charge on any atom is -0.486 e. The van der Waals surface area contributed by atoms with Crippen LogP contribution in [0, 0.1) is 6.92 Å². The molecule has 2 aliphatic heterocycles. The molecule has 134 valence electrons. The van der Waals surface area contributed by atoms with Crippen molar-refractivity contribution in [2.45, 2.75) is 30.6 Å². The van der Waals surface area contributed by atoms with Crippen molar-refractivity contribution in [2.24, 2.45) is 0 Å². The van der Waals surface area contributed by atoms with Gasteiger partial charge in [0.15, 0.2) is 11.5 Å². The first-order valence-electron chi connectivity index (χ1n) is 8.24. The number of sulfonamides is 1. The predicted molar refractivity (Wildman–Crippen MR) is 87.2 cm³/mol. The Balaban J connectivity index is 1.50. The van der Waals surface area contributed by atoms with Gasteiger partial charge in [0.05, 0.1) is 4.90 Å². The average molecular weight is 365 g/mol. The average Bonchev–Trinajstić information content (AvgIpc) is 3.08. The van der Waals surface area contributed by atoms with E-state index in [0.29, 0.717) is 62.4 Å². The monoisotopic (exact) mass is 365 g/mol. The second-order valence-corrected chi connectivity index (χ2v) is 8.08. The first kappa shape index (κ1) is 16.3. The zero-order valence-electron chi connectivity index (χ0n) is 13.8. The third-order valence-electron chi connectivity index (χ3n) is 4.50. The molecule has 0 N–H and O–H groups in total. The summed E-state index contributed by atoms with van der Waals surface area (Å²) in [5.41, 5.74) is 0. The van der Waals surface area contributed by atoms with Crippen LogP contribution in [0.25, 0.3) is 0 Å². The topological polar surface area (TPSA) is 94.8 Å². The van der Waals surface area contributed by atoms with E-state index in [1.54, 1.807) is 19.1 Å². The zero-order valence-corrected chi connectivity index (χ0v) is 14.7. The van der Waals surface area contributed by atoms with Gasteiger partial charge < -0.3 is 13.9 Å². The van der Waals surface area contributed by atoms with Gasteiger partial charge in [-0.3, -0.25) is 0 Å². The van der Waals surface area contributed by atoms with Crippen molar-refractivity contribution in [1.82, 2.24) is 14.5 Å². The molecule has 0 unspecified atom stereocenters. The summed E-state index contributed by atoms with van der Waals surface area (Å²) in [5.74, 6) is 2.28. The van der Waals surface area contributed by atoms with Gasteiger partial charge in [-0.1, -0.05) is 0 Å². The molecule has 1 saturated heterocycles. The second kappa shape index (κ2) is 6.30. The molecule has 1 fully saturated rings. The second-order valence-electron chi connectivity index (χ2n) is 6.14. The molecule has 3 heterocycles. The molecule has 8 nitrogen and oxygen atoms in total. The van der Waals surface area contributed by atoms with Crippen LogP contribution in [-0.4, -0.2) is 49.2 Å². The van der Waals surface area contributed by atoms with Crippen molar-refractivity contribution in [1.29, 1.82) is 0 Å². The van der Waals surface area contributed by atoms with Crippen LogP contribution in [0.4, 0.5) is 0 Å². The Morgan fingerprint density at radius 2 is 1.80 bits per heavy atom. The van der Waals surface area contributed by atoms with Gasteiger partial charge in [0.2, 0.25) is 21.8 Å². The Kier molecular flexibility index (Phi) is 4.12. The van der Waals surface area contributed by atoms with Crippen molar-refractivity contribution < 1.29 is 22.3 Å². The summed E-state index contributed by atoms with van der Waals surface area (Å²) >= 11 is 0. The number of piperidine rings is 1. The van der Waals surface area contributed by atoms with Gasteiger partial charge in [0, 0.05) is 32.0 Å². The molecule has 2 aliphatic rings. The van der Waals surface area contributed by atoms with E-state index in [4.69, 9.17) is 13.9 Å². The van der Waals surface area contributed by atoms with Gasteiger partial charge in [-0.15, -0.1) is 10.2 Å². The molecule has 0 bridgehead atoms. The van der Waals surface area contributed by atoms with E-state index in [-0.39, 0.29) is 10.8 Å². The van der Waals surface area contributed by atoms with E-state index < -0.39 is 10.0 Å². The summed E-state index contributed by atoms with van der Waals surface area (Å²) in [7, 11) is -3.56. The summed E-state index contributed by atoms with van der Waals surface area (Å²) in [4.78, 5) is 0.226. The van der Waals surface area contributed by atoms with Crippen LogP contribution >= 0.6 is 0 Å². The van der Waals surface area contributed by atoms with E-state index in [1.165, 1.54) is 10.4 Å². The molecular formula is C16H19N3O5S. The highest BCUT2D eigenvalue weighted by molar-refractivity contribution is 7.89. The van der Waals surface area contributed by atoms with Crippen LogP contribution in [-0.2, 0) is 10.0 Å². The normalized spacial score (nSPS) is 19.1. The van der Waals surface area contributed by atoms with Gasteiger partial charge in [-0.25, -0.2) is 8.42 Å². The number of aryl methyl sites for hydroxylation is 1. The predicted octanol–water partition coefficient (Wildman–Crippen LogP) is 1.72. The highest BCUT2D eigenvalue weighted by atomic mass is 32.2. The highest BCUT2D eigenvalue weighted by Gasteiger charge is 2.32. The molecule has 4 rings (SSSR count). The minimum atomic E-state index is -3.56. The highest BCUT2D eigenvalue weighted by Crippen LogP contribution is 2.35. The molecular weight excluding hydrogens is 346 g/mol. The van der Waals surface area contributed by atoms with Gasteiger partial charge in [-0.05, 0) is 25.0 Å². The minimum absolute atomic E-state index is 0.105. The summed E-state index contributed by atoms with van der Waals surface area (Å²) in [6.07, 6.45) is 1.32. The lowest BCUT2D eigenvalue weighted by molar-refractivity contribution is 0.171. The van der Waals surface area contributed by atoms with E-state index in [1.807, 2.05) is 0 Å². The van der Waals surface area contributed by atoms with Crippen LogP contribution in [0.15, 0.2) is 27.5 Å². The van der Waals surface area contributed by atoms with Gasteiger partial charge >= 0.3 is 0 Å². The van der Waals surface area contributed by atoms with E-state index in [9.17, 15) is 8.42 Å². The molecule has 0 aliphatic carbocycles. The van der Waals surface area contributed by atoms with Crippen molar-refractivity contribution >= 4 is 10.0 Å². The third-order valence-corrected chi connectivity index (χ3v) is 6.39. The fourth-order valence-electron chi connectivity index (χ4n) is 3.15. The SMILES string of the molecule is Cc1nnc(C2CCN(S(=O)(=O)c3ccc4c(c3)OCCO4)CC2)o1. The maximum absolute atomic E-state index is 12.9. The molecule has 0 spiro atoms.